The zero-order chi connectivity index (χ0) is 21.0. The van der Waals surface area contributed by atoms with Crippen LogP contribution in [0.15, 0.2) is 34.5 Å². The van der Waals surface area contributed by atoms with E-state index in [4.69, 9.17) is 4.74 Å². The lowest BCUT2D eigenvalue weighted by Gasteiger charge is -2.32. The molecule has 0 bridgehead atoms. The van der Waals surface area contributed by atoms with Gasteiger partial charge in [0.25, 0.3) is 5.91 Å². The van der Waals surface area contributed by atoms with Crippen LogP contribution in [0.3, 0.4) is 0 Å². The lowest BCUT2D eigenvalue weighted by Crippen LogP contribution is -2.41. The van der Waals surface area contributed by atoms with E-state index in [1.165, 1.54) is 11.3 Å². The number of rotatable bonds is 4. The molecule has 1 aliphatic rings. The summed E-state index contributed by atoms with van der Waals surface area (Å²) in [6.07, 6.45) is 3.37. The third-order valence-corrected chi connectivity index (χ3v) is 6.41. The Bertz CT molecular complexity index is 868. The third-order valence-electron chi connectivity index (χ3n) is 4.61. The maximum Gasteiger partial charge on any atom is 0.410 e. The van der Waals surface area contributed by atoms with Crippen LogP contribution in [0.4, 0.5) is 10.5 Å². The van der Waals surface area contributed by atoms with E-state index in [9.17, 15) is 9.59 Å². The number of carbonyl (C=O) groups is 2. The summed E-state index contributed by atoms with van der Waals surface area (Å²) in [7, 11) is 0. The molecule has 1 aliphatic heterocycles. The molecule has 2 amide bonds. The molecule has 2 aromatic rings. The van der Waals surface area contributed by atoms with E-state index < -0.39 is 5.60 Å². The maximum atomic E-state index is 12.6. The van der Waals surface area contributed by atoms with Crippen LogP contribution < -0.4 is 5.32 Å². The summed E-state index contributed by atoms with van der Waals surface area (Å²) in [5.41, 5.74) is 0.751. The summed E-state index contributed by atoms with van der Waals surface area (Å²) in [4.78, 5) is 32.2. The number of piperidine rings is 1. The molecule has 0 aliphatic carbocycles. The fourth-order valence-electron chi connectivity index (χ4n) is 3.15. The molecule has 156 valence electrons. The summed E-state index contributed by atoms with van der Waals surface area (Å²) in [5, 5.41) is 5.72. The summed E-state index contributed by atoms with van der Waals surface area (Å²) in [5.74, 6) is 0.0684. The van der Waals surface area contributed by atoms with Crippen LogP contribution in [0.1, 0.15) is 55.0 Å². The fourth-order valence-corrected chi connectivity index (χ4v) is 4.67. The van der Waals surface area contributed by atoms with Crippen LogP contribution >= 0.6 is 23.1 Å². The van der Waals surface area contributed by atoms with E-state index in [-0.39, 0.29) is 17.9 Å². The van der Waals surface area contributed by atoms with Crippen LogP contribution in [0.25, 0.3) is 0 Å². The molecule has 29 heavy (non-hydrogen) atoms. The Balaban J connectivity index is 1.58. The Labute approximate surface area is 180 Å². The number of nitrogens with zero attached hydrogens (tertiary/aromatic N) is 2. The Morgan fingerprint density at radius 2 is 1.93 bits per heavy atom. The van der Waals surface area contributed by atoms with Crippen LogP contribution in [0.5, 0.6) is 0 Å². The summed E-state index contributed by atoms with van der Waals surface area (Å²) in [6, 6.07) is 7.72. The highest BCUT2D eigenvalue weighted by Gasteiger charge is 2.29. The maximum absolute atomic E-state index is 12.6. The van der Waals surface area contributed by atoms with Crippen molar-refractivity contribution in [1.29, 1.82) is 0 Å². The van der Waals surface area contributed by atoms with Crippen molar-refractivity contribution in [3.8, 4) is 0 Å². The monoisotopic (exact) mass is 433 g/mol. The average Bonchev–Trinajstić information content (AvgIpc) is 3.17. The van der Waals surface area contributed by atoms with Crippen LogP contribution in [-0.2, 0) is 4.74 Å². The van der Waals surface area contributed by atoms with E-state index in [1.807, 2.05) is 56.7 Å². The molecule has 0 atom stereocenters. The number of anilines is 1. The molecule has 1 saturated heterocycles. The highest BCUT2D eigenvalue weighted by Crippen LogP contribution is 2.31. The Morgan fingerprint density at radius 3 is 2.59 bits per heavy atom. The first-order chi connectivity index (χ1) is 13.8. The van der Waals surface area contributed by atoms with E-state index >= 15 is 0 Å². The first-order valence-corrected chi connectivity index (χ1v) is 11.7. The average molecular weight is 434 g/mol. The molecule has 0 saturated carbocycles. The quantitative estimate of drug-likeness (QED) is 0.668. The molecule has 0 radical (unpaired) electrons. The fraction of sp³-hybridized carbons (Fsp3) is 0.476. The molecule has 2 heterocycles. The Kier molecular flexibility index (Phi) is 6.85. The van der Waals surface area contributed by atoms with Crippen molar-refractivity contribution in [2.24, 2.45) is 0 Å². The molecule has 0 unspecified atom stereocenters. The van der Waals surface area contributed by atoms with Crippen LogP contribution in [-0.4, -0.2) is 46.8 Å². The highest BCUT2D eigenvalue weighted by atomic mass is 32.2. The van der Waals surface area contributed by atoms with Crippen LogP contribution in [0.2, 0.25) is 0 Å². The Morgan fingerprint density at radius 1 is 1.24 bits per heavy atom. The summed E-state index contributed by atoms with van der Waals surface area (Å²) < 4.78 is 5.45. The van der Waals surface area contributed by atoms with Gasteiger partial charge in [0.2, 0.25) is 0 Å². The van der Waals surface area contributed by atoms with Gasteiger partial charge in [-0.1, -0.05) is 12.1 Å². The first kappa shape index (κ1) is 21.6. The number of aromatic nitrogens is 1. The predicted octanol–water partition coefficient (Wildman–Crippen LogP) is 5.23. The minimum absolute atomic E-state index is 0.194. The van der Waals surface area contributed by atoms with Gasteiger partial charge in [-0.3, -0.25) is 4.79 Å². The van der Waals surface area contributed by atoms with Gasteiger partial charge in [0.05, 0.1) is 10.7 Å². The molecule has 1 aromatic heterocycles. The second-order valence-corrected chi connectivity index (χ2v) is 9.70. The zero-order valence-electron chi connectivity index (χ0n) is 17.2. The largest absolute Gasteiger partial charge is 0.444 e. The van der Waals surface area contributed by atoms with E-state index in [1.54, 1.807) is 16.7 Å². The lowest BCUT2D eigenvalue weighted by molar-refractivity contribution is 0.0205. The number of likely N-dealkylation sites (tertiary alicyclic amines) is 1. The van der Waals surface area contributed by atoms with Crippen molar-refractivity contribution in [1.82, 2.24) is 9.88 Å². The second-order valence-electron chi connectivity index (χ2n) is 7.97. The molecule has 8 heteroatoms. The molecular formula is C21H27N3O3S2. The van der Waals surface area contributed by atoms with Crippen molar-refractivity contribution in [2.45, 2.75) is 50.0 Å². The SMILES string of the molecule is CSc1ccccc1NC(=O)c1csc(C2CCN(C(=O)OC(C)(C)C)CC2)n1. The van der Waals surface area contributed by atoms with E-state index in [0.717, 1.165) is 28.4 Å². The number of hydrogen-bond donors (Lipinski definition) is 1. The summed E-state index contributed by atoms with van der Waals surface area (Å²) >= 11 is 3.10. The van der Waals surface area contributed by atoms with Crippen molar-refractivity contribution in [3.63, 3.8) is 0 Å². The molecular weight excluding hydrogens is 406 g/mol. The molecule has 0 spiro atoms. The smallest absolute Gasteiger partial charge is 0.410 e. The number of thioether (sulfide) groups is 1. The van der Waals surface area contributed by atoms with Crippen LogP contribution in [0, 0.1) is 0 Å². The van der Waals surface area contributed by atoms with E-state index in [0.29, 0.717) is 18.8 Å². The van der Waals surface area contributed by atoms with Crippen molar-refractivity contribution in [3.05, 3.63) is 40.3 Å². The number of nitrogens with one attached hydrogen (secondary N) is 1. The first-order valence-electron chi connectivity index (χ1n) is 9.64. The normalized spacial score (nSPS) is 15.2. The summed E-state index contributed by atoms with van der Waals surface area (Å²) in [6.45, 7) is 6.90. The van der Waals surface area contributed by atoms with Gasteiger partial charge < -0.3 is 15.0 Å². The number of ether oxygens (including phenoxy) is 1. The third kappa shape index (κ3) is 5.73. The number of benzene rings is 1. The molecule has 1 N–H and O–H groups in total. The number of hydrogen-bond acceptors (Lipinski definition) is 6. The second kappa shape index (κ2) is 9.17. The molecule has 1 aromatic carbocycles. The van der Waals surface area contributed by atoms with Gasteiger partial charge in [-0.15, -0.1) is 23.1 Å². The number of carbonyl (C=O) groups excluding carboxylic acids is 2. The Hall–Kier alpha value is -2.06. The van der Waals surface area contributed by atoms with Gasteiger partial charge in [0, 0.05) is 29.3 Å². The van der Waals surface area contributed by atoms with Gasteiger partial charge in [-0.2, -0.15) is 0 Å². The predicted molar refractivity (Wildman–Crippen MR) is 118 cm³/mol. The molecule has 1 fully saturated rings. The van der Waals surface area contributed by atoms with Crippen molar-refractivity contribution >= 4 is 40.8 Å². The molecule has 3 rings (SSSR count). The standard InChI is InChI=1S/C21H27N3O3S2/c1-21(2,3)27-20(26)24-11-9-14(10-12-24)19-23-16(13-29-19)18(25)22-15-7-5-6-8-17(15)28-4/h5-8,13-14H,9-12H2,1-4H3,(H,22,25). The number of para-hydroxylation sites is 1. The van der Waals surface area contributed by atoms with E-state index in [2.05, 4.69) is 10.3 Å². The highest BCUT2D eigenvalue weighted by molar-refractivity contribution is 7.98. The van der Waals surface area contributed by atoms with Gasteiger partial charge in [0.1, 0.15) is 11.3 Å². The number of amides is 2. The minimum Gasteiger partial charge on any atom is -0.444 e. The van der Waals surface area contributed by atoms with Gasteiger partial charge >= 0.3 is 6.09 Å². The van der Waals surface area contributed by atoms with Crippen molar-refractivity contribution in [2.75, 3.05) is 24.7 Å². The lowest BCUT2D eigenvalue weighted by atomic mass is 9.98. The van der Waals surface area contributed by atoms with Crippen molar-refractivity contribution < 1.29 is 14.3 Å². The van der Waals surface area contributed by atoms with Gasteiger partial charge in [-0.25, -0.2) is 9.78 Å². The number of thiazole rings is 1. The topological polar surface area (TPSA) is 71.5 Å². The van der Waals surface area contributed by atoms with Gasteiger partial charge in [0.15, 0.2) is 0 Å². The van der Waals surface area contributed by atoms with Gasteiger partial charge in [-0.05, 0) is 52.0 Å². The zero-order valence-corrected chi connectivity index (χ0v) is 18.9. The molecule has 6 nitrogen and oxygen atoms in total. The minimum atomic E-state index is -0.486.